The zero-order chi connectivity index (χ0) is 14.4. The predicted octanol–water partition coefficient (Wildman–Crippen LogP) is 2.72. The van der Waals surface area contributed by atoms with E-state index in [4.69, 9.17) is 5.26 Å². The molecule has 1 N–H and O–H groups in total. The Bertz CT molecular complexity index is 406. The molecule has 1 spiro atoms. The number of urea groups is 1. The minimum absolute atomic E-state index is 0.0404. The van der Waals surface area contributed by atoms with Gasteiger partial charge in [0.1, 0.15) is 5.54 Å². The highest BCUT2D eigenvalue weighted by Gasteiger charge is 2.49. The predicted molar refractivity (Wildman–Crippen MR) is 74.8 cm³/mol. The number of nitrogens with zero attached hydrogens (tertiary/aromatic N) is 2. The molecule has 5 heteroatoms. The topological polar surface area (TPSA) is 73.2 Å². The van der Waals surface area contributed by atoms with Gasteiger partial charge in [-0.05, 0) is 25.7 Å². The van der Waals surface area contributed by atoms with Crippen molar-refractivity contribution >= 4 is 11.9 Å². The molecule has 20 heavy (non-hydrogen) atoms. The molecule has 5 nitrogen and oxygen atoms in total. The number of hydrogen-bond acceptors (Lipinski definition) is 3. The number of rotatable bonds is 4. The van der Waals surface area contributed by atoms with Crippen LogP contribution in [0.3, 0.4) is 0 Å². The number of carbonyl (C=O) groups excluding carboxylic acids is 2. The Morgan fingerprint density at radius 1 is 1.10 bits per heavy atom. The molecule has 0 aromatic heterocycles. The number of hydrogen-bond donors (Lipinski definition) is 1. The fourth-order valence-corrected chi connectivity index (χ4v) is 3.20. The van der Waals surface area contributed by atoms with Crippen LogP contribution in [0.5, 0.6) is 0 Å². The summed E-state index contributed by atoms with van der Waals surface area (Å²) in [5, 5.41) is 11.5. The molecule has 3 amide bonds. The maximum Gasteiger partial charge on any atom is 0.325 e. The van der Waals surface area contributed by atoms with E-state index < -0.39 is 5.54 Å². The van der Waals surface area contributed by atoms with E-state index in [1.807, 2.05) is 0 Å². The molecule has 1 saturated carbocycles. The molecule has 1 aliphatic heterocycles. The number of unbranched alkanes of at least 4 members (excludes halogenated alkanes) is 2. The highest BCUT2D eigenvalue weighted by molar-refractivity contribution is 6.07. The van der Waals surface area contributed by atoms with Gasteiger partial charge in [0, 0.05) is 13.0 Å². The van der Waals surface area contributed by atoms with E-state index in [-0.39, 0.29) is 11.9 Å². The Morgan fingerprint density at radius 2 is 1.75 bits per heavy atom. The van der Waals surface area contributed by atoms with E-state index in [9.17, 15) is 9.59 Å². The molecule has 0 radical (unpaired) electrons. The zero-order valence-electron chi connectivity index (χ0n) is 12.0. The van der Waals surface area contributed by atoms with Gasteiger partial charge < -0.3 is 5.32 Å². The highest BCUT2D eigenvalue weighted by Crippen LogP contribution is 2.32. The van der Waals surface area contributed by atoms with Crippen molar-refractivity contribution in [1.29, 1.82) is 5.26 Å². The Hall–Kier alpha value is -1.57. The first-order valence-electron chi connectivity index (χ1n) is 7.71. The summed E-state index contributed by atoms with van der Waals surface area (Å²) < 4.78 is 0. The van der Waals surface area contributed by atoms with Gasteiger partial charge in [-0.25, -0.2) is 4.79 Å². The lowest BCUT2D eigenvalue weighted by molar-refractivity contribution is -0.132. The third kappa shape index (κ3) is 3.12. The van der Waals surface area contributed by atoms with Crippen LogP contribution in [0.2, 0.25) is 0 Å². The van der Waals surface area contributed by atoms with Crippen molar-refractivity contribution in [3.05, 3.63) is 0 Å². The van der Waals surface area contributed by atoms with Crippen LogP contribution in [0, 0.1) is 11.3 Å². The molecule has 2 aliphatic rings. The van der Waals surface area contributed by atoms with Crippen molar-refractivity contribution in [3.63, 3.8) is 0 Å². The molecule has 2 rings (SSSR count). The van der Waals surface area contributed by atoms with Crippen molar-refractivity contribution < 1.29 is 9.59 Å². The van der Waals surface area contributed by atoms with Crippen molar-refractivity contribution in [3.8, 4) is 6.07 Å². The largest absolute Gasteiger partial charge is 0.325 e. The number of carbonyl (C=O) groups is 2. The molecule has 2 fully saturated rings. The van der Waals surface area contributed by atoms with Crippen LogP contribution in [0.4, 0.5) is 4.79 Å². The Kier molecular flexibility index (Phi) is 4.99. The molecule has 110 valence electrons. The van der Waals surface area contributed by atoms with E-state index in [1.165, 1.54) is 11.3 Å². The molecule has 0 aromatic carbocycles. The number of imide groups is 1. The van der Waals surface area contributed by atoms with Gasteiger partial charge >= 0.3 is 6.03 Å². The van der Waals surface area contributed by atoms with E-state index in [2.05, 4.69) is 11.4 Å². The molecule has 0 aromatic rings. The lowest BCUT2D eigenvalue weighted by atomic mass is 9.84. The van der Waals surface area contributed by atoms with E-state index in [0.717, 1.165) is 44.9 Å². The summed E-state index contributed by atoms with van der Waals surface area (Å²) in [4.78, 5) is 26.0. The fourth-order valence-electron chi connectivity index (χ4n) is 3.20. The summed E-state index contributed by atoms with van der Waals surface area (Å²) in [7, 11) is 0. The number of amides is 3. The number of nitrogens with one attached hydrogen (secondary N) is 1. The molecule has 0 atom stereocenters. The summed E-state index contributed by atoms with van der Waals surface area (Å²) in [6.45, 7) is 0.439. The molecular formula is C15H23N3O2. The van der Waals surface area contributed by atoms with Gasteiger partial charge in [0.05, 0.1) is 6.07 Å². The average molecular weight is 277 g/mol. The van der Waals surface area contributed by atoms with Crippen molar-refractivity contribution in [2.45, 2.75) is 69.7 Å². The molecular weight excluding hydrogens is 254 g/mol. The SMILES string of the molecule is N#CCCCCN1C(=O)NC2(CCCCCCC2)C1=O. The first-order chi connectivity index (χ1) is 9.69. The second-order valence-corrected chi connectivity index (χ2v) is 5.85. The first kappa shape index (κ1) is 14.8. The lowest BCUT2D eigenvalue weighted by Gasteiger charge is -2.28. The summed E-state index contributed by atoms with van der Waals surface area (Å²) in [5.41, 5.74) is -0.632. The molecule has 1 heterocycles. The van der Waals surface area contributed by atoms with Crippen molar-refractivity contribution in [2.24, 2.45) is 0 Å². The summed E-state index contributed by atoms with van der Waals surface area (Å²) in [6.07, 6.45) is 9.01. The van der Waals surface area contributed by atoms with Gasteiger partial charge in [-0.15, -0.1) is 0 Å². The molecule has 0 unspecified atom stereocenters. The summed E-state index contributed by atoms with van der Waals surface area (Å²) >= 11 is 0. The standard InChI is InChI=1S/C15H23N3O2/c16-11-7-4-8-12-18-13(19)15(17-14(18)20)9-5-2-1-3-6-10-15/h1-10,12H2,(H,17,20). The third-order valence-corrected chi connectivity index (χ3v) is 4.37. The molecule has 1 aliphatic carbocycles. The van der Waals surface area contributed by atoms with Crippen LogP contribution in [-0.4, -0.2) is 28.9 Å². The minimum atomic E-state index is -0.632. The molecule has 0 bridgehead atoms. The Morgan fingerprint density at radius 3 is 2.40 bits per heavy atom. The maximum absolute atomic E-state index is 12.6. The normalized spacial score (nSPS) is 22.2. The van der Waals surface area contributed by atoms with Crippen LogP contribution in [0.1, 0.15) is 64.2 Å². The summed E-state index contributed by atoms with van der Waals surface area (Å²) in [5.74, 6) is -0.0404. The monoisotopic (exact) mass is 277 g/mol. The second-order valence-electron chi connectivity index (χ2n) is 5.85. The van der Waals surface area contributed by atoms with Crippen LogP contribution >= 0.6 is 0 Å². The van der Waals surface area contributed by atoms with Gasteiger partial charge in [-0.2, -0.15) is 5.26 Å². The quantitative estimate of drug-likeness (QED) is 0.634. The van der Waals surface area contributed by atoms with Crippen LogP contribution in [-0.2, 0) is 4.79 Å². The van der Waals surface area contributed by atoms with E-state index in [0.29, 0.717) is 19.4 Å². The second kappa shape index (κ2) is 6.74. The van der Waals surface area contributed by atoms with Crippen LogP contribution in [0.15, 0.2) is 0 Å². The Labute approximate surface area is 120 Å². The number of nitriles is 1. The highest BCUT2D eigenvalue weighted by atomic mass is 16.2. The Balaban J connectivity index is 1.97. The van der Waals surface area contributed by atoms with Gasteiger partial charge in [0.25, 0.3) is 5.91 Å². The van der Waals surface area contributed by atoms with Gasteiger partial charge in [0.15, 0.2) is 0 Å². The maximum atomic E-state index is 12.6. The smallest absolute Gasteiger partial charge is 0.323 e. The van der Waals surface area contributed by atoms with Gasteiger partial charge in [0.2, 0.25) is 0 Å². The van der Waals surface area contributed by atoms with E-state index >= 15 is 0 Å². The van der Waals surface area contributed by atoms with Crippen LogP contribution < -0.4 is 5.32 Å². The lowest BCUT2D eigenvalue weighted by Crippen LogP contribution is -2.47. The molecule has 1 saturated heterocycles. The van der Waals surface area contributed by atoms with Gasteiger partial charge in [-0.3, -0.25) is 9.69 Å². The fraction of sp³-hybridized carbons (Fsp3) is 0.800. The van der Waals surface area contributed by atoms with Crippen LogP contribution in [0.25, 0.3) is 0 Å². The minimum Gasteiger partial charge on any atom is -0.323 e. The van der Waals surface area contributed by atoms with Gasteiger partial charge in [-0.1, -0.05) is 32.1 Å². The van der Waals surface area contributed by atoms with Crippen molar-refractivity contribution in [2.75, 3.05) is 6.54 Å². The average Bonchev–Trinajstić information content (AvgIpc) is 2.63. The summed E-state index contributed by atoms with van der Waals surface area (Å²) in [6, 6.07) is 1.84. The van der Waals surface area contributed by atoms with E-state index in [1.54, 1.807) is 0 Å². The first-order valence-corrected chi connectivity index (χ1v) is 7.71. The zero-order valence-corrected chi connectivity index (χ0v) is 12.0. The third-order valence-electron chi connectivity index (χ3n) is 4.37. The van der Waals surface area contributed by atoms with Crippen molar-refractivity contribution in [1.82, 2.24) is 10.2 Å².